The summed E-state index contributed by atoms with van der Waals surface area (Å²) >= 11 is 0. The lowest BCUT2D eigenvalue weighted by Crippen LogP contribution is -2.15. The van der Waals surface area contributed by atoms with Crippen molar-refractivity contribution in [1.82, 2.24) is 0 Å². The first kappa shape index (κ1) is 11.4. The van der Waals surface area contributed by atoms with Crippen molar-refractivity contribution in [2.75, 3.05) is 0 Å². The van der Waals surface area contributed by atoms with Gasteiger partial charge in [-0.05, 0) is 30.5 Å². The number of hydrogen-bond acceptors (Lipinski definition) is 4. The second kappa shape index (κ2) is 4.04. The van der Waals surface area contributed by atoms with Crippen LogP contribution in [0.1, 0.15) is 18.4 Å². The summed E-state index contributed by atoms with van der Waals surface area (Å²) in [5.41, 5.74) is 6.31. The molecule has 2 rings (SSSR count). The van der Waals surface area contributed by atoms with Crippen molar-refractivity contribution < 1.29 is 13.2 Å². The van der Waals surface area contributed by atoms with Crippen molar-refractivity contribution in [2.45, 2.75) is 30.4 Å². The number of rotatable bonds is 4. The van der Waals surface area contributed by atoms with E-state index in [0.29, 0.717) is 12.3 Å². The lowest BCUT2D eigenvalue weighted by Gasteiger charge is -2.10. The highest BCUT2D eigenvalue weighted by atomic mass is 32.2. The van der Waals surface area contributed by atoms with Crippen molar-refractivity contribution in [2.24, 2.45) is 10.9 Å². The summed E-state index contributed by atoms with van der Waals surface area (Å²) in [4.78, 5) is 0.0246. The zero-order chi connectivity index (χ0) is 11.8. The molecule has 16 heavy (non-hydrogen) atoms. The van der Waals surface area contributed by atoms with Gasteiger partial charge < -0.3 is 10.5 Å². The molecule has 1 fully saturated rings. The number of sulfonamides is 1. The Morgan fingerprint density at radius 2 is 2.06 bits per heavy atom. The molecule has 0 aromatic heterocycles. The summed E-state index contributed by atoms with van der Waals surface area (Å²) in [5, 5.41) is 5.11. The van der Waals surface area contributed by atoms with Crippen molar-refractivity contribution >= 4 is 10.0 Å². The minimum Gasteiger partial charge on any atom is -0.489 e. The van der Waals surface area contributed by atoms with Crippen LogP contribution in [0.2, 0.25) is 0 Å². The number of ether oxygens (including phenoxy) is 1. The topological polar surface area (TPSA) is 95.4 Å². The molecule has 1 aromatic carbocycles. The van der Waals surface area contributed by atoms with Gasteiger partial charge in [0.2, 0.25) is 10.0 Å². The molecular formula is C10H14N2O3S. The molecule has 0 saturated heterocycles. The Morgan fingerprint density at radius 3 is 2.56 bits per heavy atom. The van der Waals surface area contributed by atoms with E-state index in [4.69, 9.17) is 15.6 Å². The maximum atomic E-state index is 11.3. The summed E-state index contributed by atoms with van der Waals surface area (Å²) in [6.07, 6.45) is 2.03. The summed E-state index contributed by atoms with van der Waals surface area (Å²) in [5.74, 6) is 0.313. The average Bonchev–Trinajstić information content (AvgIpc) is 3.00. The Morgan fingerprint density at radius 1 is 1.38 bits per heavy atom. The van der Waals surface area contributed by atoms with Crippen LogP contribution in [0.3, 0.4) is 0 Å². The van der Waals surface area contributed by atoms with Gasteiger partial charge in [-0.3, -0.25) is 0 Å². The molecule has 1 saturated carbocycles. The van der Waals surface area contributed by atoms with Gasteiger partial charge in [-0.1, -0.05) is 6.07 Å². The molecule has 5 nitrogen and oxygen atoms in total. The largest absolute Gasteiger partial charge is 0.489 e. The monoisotopic (exact) mass is 242 g/mol. The quantitative estimate of drug-likeness (QED) is 0.795. The van der Waals surface area contributed by atoms with Crippen molar-refractivity contribution in [3.8, 4) is 5.75 Å². The van der Waals surface area contributed by atoms with Crippen molar-refractivity contribution in [3.63, 3.8) is 0 Å². The minimum atomic E-state index is -3.74. The van der Waals surface area contributed by atoms with Gasteiger partial charge in [0, 0.05) is 6.54 Å². The Labute approximate surface area is 94.4 Å². The molecule has 0 radical (unpaired) electrons. The molecule has 0 heterocycles. The molecule has 0 amide bonds. The predicted molar refractivity (Wildman–Crippen MR) is 59.4 cm³/mol. The molecule has 0 spiro atoms. The molecule has 0 bridgehead atoms. The fourth-order valence-corrected chi connectivity index (χ4v) is 2.02. The van der Waals surface area contributed by atoms with E-state index in [2.05, 4.69) is 0 Å². The molecular weight excluding hydrogens is 228 g/mol. The maximum Gasteiger partial charge on any atom is 0.241 e. The standard InChI is InChI=1S/C10H14N2O3S/c11-6-7-1-4-10(16(12,13)14)9(5-7)15-8-2-3-8/h1,4-5,8H,2-3,6,11H2,(H2,12,13,14). The summed E-state index contributed by atoms with van der Waals surface area (Å²) in [6, 6.07) is 4.72. The van der Waals surface area contributed by atoms with Crippen LogP contribution in [0, 0.1) is 0 Å². The zero-order valence-electron chi connectivity index (χ0n) is 8.72. The molecule has 0 atom stereocenters. The second-order valence-electron chi connectivity index (χ2n) is 3.85. The molecule has 88 valence electrons. The van der Waals surface area contributed by atoms with Gasteiger partial charge in [-0.15, -0.1) is 0 Å². The van der Waals surface area contributed by atoms with E-state index in [-0.39, 0.29) is 11.0 Å². The first-order chi connectivity index (χ1) is 7.50. The predicted octanol–water partition coefficient (Wildman–Crippen LogP) is 0.334. The van der Waals surface area contributed by atoms with E-state index in [9.17, 15) is 8.42 Å². The van der Waals surface area contributed by atoms with Gasteiger partial charge in [-0.25, -0.2) is 13.6 Å². The third-order valence-corrected chi connectivity index (χ3v) is 3.32. The van der Waals surface area contributed by atoms with Gasteiger partial charge in [0.1, 0.15) is 10.6 Å². The highest BCUT2D eigenvalue weighted by molar-refractivity contribution is 7.89. The lowest BCUT2D eigenvalue weighted by molar-refractivity contribution is 0.295. The van der Waals surface area contributed by atoms with E-state index >= 15 is 0 Å². The molecule has 0 unspecified atom stereocenters. The molecule has 4 N–H and O–H groups in total. The summed E-state index contributed by atoms with van der Waals surface area (Å²) in [6.45, 7) is 0.339. The number of nitrogens with two attached hydrogens (primary N) is 2. The van der Waals surface area contributed by atoms with Crippen molar-refractivity contribution in [3.05, 3.63) is 23.8 Å². The summed E-state index contributed by atoms with van der Waals surface area (Å²) in [7, 11) is -3.74. The first-order valence-electron chi connectivity index (χ1n) is 5.03. The molecule has 0 aliphatic heterocycles. The van der Waals surface area contributed by atoms with E-state index in [0.717, 1.165) is 18.4 Å². The lowest BCUT2D eigenvalue weighted by atomic mass is 10.2. The Hall–Kier alpha value is -1.11. The third kappa shape index (κ3) is 2.52. The van der Waals surface area contributed by atoms with Crippen LogP contribution in [-0.2, 0) is 16.6 Å². The number of hydrogen-bond donors (Lipinski definition) is 2. The van der Waals surface area contributed by atoms with Crippen LogP contribution in [-0.4, -0.2) is 14.5 Å². The van der Waals surface area contributed by atoms with Gasteiger partial charge in [0.25, 0.3) is 0 Å². The van der Waals surface area contributed by atoms with Crippen LogP contribution in [0.25, 0.3) is 0 Å². The maximum absolute atomic E-state index is 11.3. The number of primary sulfonamides is 1. The van der Waals surface area contributed by atoms with Crippen molar-refractivity contribution in [1.29, 1.82) is 0 Å². The van der Waals surface area contributed by atoms with Gasteiger partial charge in [0.05, 0.1) is 6.10 Å². The van der Waals surface area contributed by atoms with Crippen LogP contribution in [0.4, 0.5) is 0 Å². The highest BCUT2D eigenvalue weighted by Gasteiger charge is 2.26. The van der Waals surface area contributed by atoms with Crippen LogP contribution in [0.15, 0.2) is 23.1 Å². The molecule has 1 aromatic rings. The van der Waals surface area contributed by atoms with E-state index < -0.39 is 10.0 Å². The van der Waals surface area contributed by atoms with E-state index in [1.165, 1.54) is 6.07 Å². The van der Waals surface area contributed by atoms with Crippen LogP contribution >= 0.6 is 0 Å². The Kier molecular flexibility index (Phi) is 2.88. The SMILES string of the molecule is NCc1ccc(S(N)(=O)=O)c(OC2CC2)c1. The van der Waals surface area contributed by atoms with Gasteiger partial charge in [0.15, 0.2) is 0 Å². The summed E-state index contributed by atoms with van der Waals surface area (Å²) < 4.78 is 28.2. The van der Waals surface area contributed by atoms with Crippen LogP contribution in [0.5, 0.6) is 5.75 Å². The Balaban J connectivity index is 2.41. The Bertz CT molecular complexity index is 495. The molecule has 1 aliphatic rings. The highest BCUT2D eigenvalue weighted by Crippen LogP contribution is 2.31. The third-order valence-electron chi connectivity index (χ3n) is 2.37. The van der Waals surface area contributed by atoms with Gasteiger partial charge >= 0.3 is 0 Å². The second-order valence-corrected chi connectivity index (χ2v) is 5.38. The first-order valence-corrected chi connectivity index (χ1v) is 6.58. The zero-order valence-corrected chi connectivity index (χ0v) is 9.53. The normalized spacial score (nSPS) is 16.1. The average molecular weight is 242 g/mol. The van der Waals surface area contributed by atoms with Gasteiger partial charge in [-0.2, -0.15) is 0 Å². The van der Waals surface area contributed by atoms with E-state index in [1.54, 1.807) is 12.1 Å². The molecule has 6 heteroatoms. The van der Waals surface area contributed by atoms with Crippen LogP contribution < -0.4 is 15.6 Å². The minimum absolute atomic E-state index is 0.0246. The fourth-order valence-electron chi connectivity index (χ4n) is 1.37. The van der Waals surface area contributed by atoms with E-state index in [1.807, 2.05) is 0 Å². The molecule has 1 aliphatic carbocycles. The fraction of sp³-hybridized carbons (Fsp3) is 0.400. The smallest absolute Gasteiger partial charge is 0.241 e. The number of benzene rings is 1.